The molecule has 4 heteroatoms. The summed E-state index contributed by atoms with van der Waals surface area (Å²) in [7, 11) is 0. The molecule has 1 saturated carbocycles. The van der Waals surface area contributed by atoms with Crippen molar-refractivity contribution in [2.75, 3.05) is 13.2 Å². The molecule has 2 aliphatic rings. The highest BCUT2D eigenvalue weighted by Crippen LogP contribution is 2.47. The van der Waals surface area contributed by atoms with Crippen LogP contribution in [0.1, 0.15) is 50.6 Å². The van der Waals surface area contributed by atoms with Crippen LogP contribution in [0.2, 0.25) is 5.02 Å². The second-order valence-corrected chi connectivity index (χ2v) is 6.75. The van der Waals surface area contributed by atoms with Crippen LogP contribution in [0.5, 0.6) is 0 Å². The number of hydrogen-bond donors (Lipinski definition) is 1. The molecule has 1 heterocycles. The Morgan fingerprint density at radius 1 is 1.48 bits per heavy atom. The molecule has 21 heavy (non-hydrogen) atoms. The summed E-state index contributed by atoms with van der Waals surface area (Å²) in [5.41, 5.74) is 1.21. The molecule has 1 spiro atoms. The van der Waals surface area contributed by atoms with Crippen LogP contribution < -0.4 is 5.32 Å². The van der Waals surface area contributed by atoms with Crippen LogP contribution in [0, 0.1) is 11.7 Å². The van der Waals surface area contributed by atoms with E-state index in [4.69, 9.17) is 16.3 Å². The lowest BCUT2D eigenvalue weighted by atomic mass is 9.69. The summed E-state index contributed by atoms with van der Waals surface area (Å²) in [4.78, 5) is 0. The van der Waals surface area contributed by atoms with Crippen LogP contribution in [0.4, 0.5) is 4.39 Å². The van der Waals surface area contributed by atoms with Crippen molar-refractivity contribution in [2.24, 2.45) is 5.92 Å². The molecule has 1 N–H and O–H groups in total. The van der Waals surface area contributed by atoms with Crippen molar-refractivity contribution in [3.8, 4) is 0 Å². The summed E-state index contributed by atoms with van der Waals surface area (Å²) in [6.07, 6.45) is 5.80. The predicted octanol–water partition coefficient (Wildman–Crippen LogP) is 4.48. The molecule has 3 rings (SSSR count). The molecule has 0 amide bonds. The number of rotatable bonds is 4. The van der Waals surface area contributed by atoms with E-state index < -0.39 is 0 Å². The van der Waals surface area contributed by atoms with E-state index in [9.17, 15) is 4.39 Å². The number of ether oxygens (including phenoxy) is 1. The SMILES string of the molecule is CCNC(c1ccc(F)c(Cl)c1)C1CCOC2(CCC2)C1. The molecule has 1 saturated heterocycles. The van der Waals surface area contributed by atoms with Crippen LogP contribution >= 0.6 is 11.6 Å². The minimum Gasteiger partial charge on any atom is -0.375 e. The average Bonchev–Trinajstić information content (AvgIpc) is 2.46. The van der Waals surface area contributed by atoms with E-state index >= 15 is 0 Å². The Labute approximate surface area is 131 Å². The lowest BCUT2D eigenvalue weighted by Crippen LogP contribution is -2.48. The molecular formula is C17H23ClFNO. The first-order valence-electron chi connectivity index (χ1n) is 7.96. The fraction of sp³-hybridized carbons (Fsp3) is 0.647. The van der Waals surface area contributed by atoms with Crippen molar-refractivity contribution in [1.82, 2.24) is 5.32 Å². The third kappa shape index (κ3) is 3.10. The highest BCUT2D eigenvalue weighted by atomic mass is 35.5. The van der Waals surface area contributed by atoms with Crippen molar-refractivity contribution in [1.29, 1.82) is 0 Å². The predicted molar refractivity (Wildman–Crippen MR) is 83.1 cm³/mol. The van der Waals surface area contributed by atoms with Crippen LogP contribution in [0.15, 0.2) is 18.2 Å². The van der Waals surface area contributed by atoms with Gasteiger partial charge in [0.1, 0.15) is 5.82 Å². The maximum atomic E-state index is 13.4. The maximum absolute atomic E-state index is 13.4. The number of halogens is 2. The summed E-state index contributed by atoms with van der Waals surface area (Å²) in [6.45, 7) is 3.84. The van der Waals surface area contributed by atoms with E-state index in [1.54, 1.807) is 6.07 Å². The molecule has 0 aromatic heterocycles. The van der Waals surface area contributed by atoms with Crippen LogP contribution in [-0.2, 0) is 4.74 Å². The van der Waals surface area contributed by atoms with E-state index in [2.05, 4.69) is 12.2 Å². The molecule has 116 valence electrons. The average molecular weight is 312 g/mol. The molecule has 2 fully saturated rings. The van der Waals surface area contributed by atoms with Gasteiger partial charge in [-0.05, 0) is 62.3 Å². The topological polar surface area (TPSA) is 21.3 Å². The van der Waals surface area contributed by atoms with Gasteiger partial charge < -0.3 is 10.1 Å². The monoisotopic (exact) mass is 311 g/mol. The quantitative estimate of drug-likeness (QED) is 0.885. The fourth-order valence-electron chi connectivity index (χ4n) is 3.75. The van der Waals surface area contributed by atoms with Gasteiger partial charge in [-0.2, -0.15) is 0 Å². The largest absolute Gasteiger partial charge is 0.375 e. The molecular weight excluding hydrogens is 289 g/mol. The maximum Gasteiger partial charge on any atom is 0.141 e. The summed E-state index contributed by atoms with van der Waals surface area (Å²) in [5, 5.41) is 3.77. The Kier molecular flexibility index (Phi) is 4.53. The van der Waals surface area contributed by atoms with Crippen LogP contribution in [-0.4, -0.2) is 18.8 Å². The summed E-state index contributed by atoms with van der Waals surface area (Å²) in [5.74, 6) is 0.179. The Morgan fingerprint density at radius 2 is 2.29 bits per heavy atom. The van der Waals surface area contributed by atoms with Gasteiger partial charge in [0.05, 0.1) is 10.6 Å². The lowest BCUT2D eigenvalue weighted by molar-refractivity contribution is -0.147. The van der Waals surface area contributed by atoms with E-state index in [1.165, 1.54) is 25.3 Å². The Hall–Kier alpha value is -0.640. The molecule has 1 aromatic rings. The standard InChI is InChI=1S/C17H23ClFNO/c1-2-20-16(12-4-5-15(19)14(18)10-12)13-6-9-21-17(11-13)7-3-8-17/h4-5,10,13,16,20H,2-3,6-9,11H2,1H3. The second kappa shape index (κ2) is 6.23. The minimum atomic E-state index is -0.349. The van der Waals surface area contributed by atoms with Crippen molar-refractivity contribution in [3.63, 3.8) is 0 Å². The van der Waals surface area contributed by atoms with Gasteiger partial charge in [0.15, 0.2) is 0 Å². The first kappa shape index (κ1) is 15.3. The van der Waals surface area contributed by atoms with Crippen molar-refractivity contribution >= 4 is 11.6 Å². The van der Waals surface area contributed by atoms with Crippen molar-refractivity contribution in [2.45, 2.75) is 50.7 Å². The van der Waals surface area contributed by atoms with Gasteiger partial charge in [-0.25, -0.2) is 4.39 Å². The van der Waals surface area contributed by atoms with E-state index in [-0.39, 0.29) is 22.5 Å². The van der Waals surface area contributed by atoms with Crippen LogP contribution in [0.25, 0.3) is 0 Å². The number of nitrogens with one attached hydrogen (secondary N) is 1. The molecule has 2 nitrogen and oxygen atoms in total. The molecule has 2 unspecified atom stereocenters. The first-order valence-corrected chi connectivity index (χ1v) is 8.34. The van der Waals surface area contributed by atoms with E-state index in [0.29, 0.717) is 5.92 Å². The molecule has 2 atom stereocenters. The zero-order chi connectivity index (χ0) is 14.9. The second-order valence-electron chi connectivity index (χ2n) is 6.35. The summed E-state index contributed by atoms with van der Waals surface area (Å²) >= 11 is 5.96. The van der Waals surface area contributed by atoms with Crippen molar-refractivity contribution in [3.05, 3.63) is 34.6 Å². The van der Waals surface area contributed by atoms with Gasteiger partial charge in [0.25, 0.3) is 0 Å². The normalized spacial score (nSPS) is 25.6. The lowest BCUT2D eigenvalue weighted by Gasteiger charge is -2.49. The molecule has 1 aliphatic carbocycles. The summed E-state index contributed by atoms with van der Waals surface area (Å²) < 4.78 is 19.4. The van der Waals surface area contributed by atoms with Gasteiger partial charge in [-0.3, -0.25) is 0 Å². The summed E-state index contributed by atoms with van der Waals surface area (Å²) in [6, 6.07) is 5.33. The molecule has 0 bridgehead atoms. The van der Waals surface area contributed by atoms with Gasteiger partial charge in [-0.1, -0.05) is 24.6 Å². The van der Waals surface area contributed by atoms with Gasteiger partial charge >= 0.3 is 0 Å². The Morgan fingerprint density at radius 3 is 2.90 bits per heavy atom. The van der Waals surface area contributed by atoms with Gasteiger partial charge in [0.2, 0.25) is 0 Å². The Bertz CT molecular complexity index is 504. The Balaban J connectivity index is 1.81. The number of benzene rings is 1. The van der Waals surface area contributed by atoms with E-state index in [1.807, 2.05) is 6.07 Å². The third-order valence-electron chi connectivity index (χ3n) is 4.99. The van der Waals surface area contributed by atoms with Crippen LogP contribution in [0.3, 0.4) is 0 Å². The molecule has 1 aliphatic heterocycles. The zero-order valence-electron chi connectivity index (χ0n) is 12.5. The number of hydrogen-bond acceptors (Lipinski definition) is 2. The highest BCUT2D eigenvalue weighted by molar-refractivity contribution is 6.30. The van der Waals surface area contributed by atoms with E-state index in [0.717, 1.165) is 31.6 Å². The van der Waals surface area contributed by atoms with Gasteiger partial charge in [-0.15, -0.1) is 0 Å². The minimum absolute atomic E-state index is 0.125. The highest BCUT2D eigenvalue weighted by Gasteiger charge is 2.44. The van der Waals surface area contributed by atoms with Crippen molar-refractivity contribution < 1.29 is 9.13 Å². The fourth-order valence-corrected chi connectivity index (χ4v) is 3.94. The smallest absolute Gasteiger partial charge is 0.141 e. The third-order valence-corrected chi connectivity index (χ3v) is 5.28. The zero-order valence-corrected chi connectivity index (χ0v) is 13.3. The molecule has 1 aromatic carbocycles. The molecule has 0 radical (unpaired) electrons. The van der Waals surface area contributed by atoms with Gasteiger partial charge in [0, 0.05) is 12.6 Å². The first-order chi connectivity index (χ1) is 10.1.